The van der Waals surface area contributed by atoms with Crippen LogP contribution in [0.1, 0.15) is 27.1 Å². The van der Waals surface area contributed by atoms with Gasteiger partial charge in [0.1, 0.15) is 0 Å². The van der Waals surface area contributed by atoms with Crippen molar-refractivity contribution in [3.63, 3.8) is 0 Å². The summed E-state index contributed by atoms with van der Waals surface area (Å²) in [5.41, 5.74) is 1.30. The average molecular weight is 377 g/mol. The number of carbonyl (C=O) groups excluding carboxylic acids is 3. The molecule has 0 radical (unpaired) electrons. The second kappa shape index (κ2) is 5.96. The summed E-state index contributed by atoms with van der Waals surface area (Å²) in [7, 11) is 1.74. The average Bonchev–Trinajstić information content (AvgIpc) is 3.00. The minimum atomic E-state index is -0.375. The van der Waals surface area contributed by atoms with Gasteiger partial charge in [-0.3, -0.25) is 24.0 Å². The van der Waals surface area contributed by atoms with Gasteiger partial charge in [0.2, 0.25) is 5.91 Å². The number of imide groups is 1. The van der Waals surface area contributed by atoms with Crippen LogP contribution in [0.2, 0.25) is 0 Å². The van der Waals surface area contributed by atoms with Crippen molar-refractivity contribution >= 4 is 39.3 Å². The van der Waals surface area contributed by atoms with Gasteiger partial charge in [-0.1, -0.05) is 15.9 Å². The molecule has 1 aliphatic rings. The molecule has 2 aromatic rings. The van der Waals surface area contributed by atoms with Gasteiger partial charge in [-0.25, -0.2) is 0 Å². The van der Waals surface area contributed by atoms with Gasteiger partial charge >= 0.3 is 0 Å². The highest BCUT2D eigenvalue weighted by Crippen LogP contribution is 2.26. The summed E-state index contributed by atoms with van der Waals surface area (Å²) in [5, 5.41) is 6.61. The molecule has 118 valence electrons. The molecule has 23 heavy (non-hydrogen) atoms. The minimum Gasteiger partial charge on any atom is -0.323 e. The molecule has 0 fully saturated rings. The maximum absolute atomic E-state index is 12.3. The number of carbonyl (C=O) groups is 3. The van der Waals surface area contributed by atoms with Crippen LogP contribution in [-0.2, 0) is 11.8 Å². The summed E-state index contributed by atoms with van der Waals surface area (Å²) in [5.74, 6) is -1.03. The Morgan fingerprint density at radius 3 is 2.70 bits per heavy atom. The lowest BCUT2D eigenvalue weighted by molar-refractivity contribution is -0.116. The number of hydrogen-bond donors (Lipinski definition) is 1. The van der Waals surface area contributed by atoms with E-state index >= 15 is 0 Å². The van der Waals surface area contributed by atoms with Crippen LogP contribution in [-0.4, -0.2) is 38.9 Å². The number of aromatic nitrogens is 2. The van der Waals surface area contributed by atoms with E-state index in [1.54, 1.807) is 36.1 Å². The standard InChI is InChI=1S/C15H13BrN4O3/c1-19-8-10(7-17-19)18-13(21)4-5-20-14(22)11-3-2-9(16)6-12(11)15(20)23/h2-3,6-8H,4-5H2,1H3,(H,18,21). The van der Waals surface area contributed by atoms with E-state index in [-0.39, 0.29) is 30.7 Å². The third-order valence-corrected chi connectivity index (χ3v) is 3.98. The lowest BCUT2D eigenvalue weighted by Gasteiger charge is -2.13. The first-order valence-corrected chi connectivity index (χ1v) is 7.69. The molecule has 0 saturated carbocycles. The van der Waals surface area contributed by atoms with Crippen LogP contribution < -0.4 is 5.32 Å². The van der Waals surface area contributed by atoms with Crippen LogP contribution >= 0.6 is 15.9 Å². The van der Waals surface area contributed by atoms with Gasteiger partial charge in [0.25, 0.3) is 11.8 Å². The van der Waals surface area contributed by atoms with Gasteiger partial charge in [-0.2, -0.15) is 5.10 Å². The Balaban J connectivity index is 1.64. The Morgan fingerprint density at radius 2 is 2.00 bits per heavy atom. The van der Waals surface area contributed by atoms with E-state index in [1.807, 2.05) is 0 Å². The molecule has 0 saturated heterocycles. The Hall–Kier alpha value is -2.48. The topological polar surface area (TPSA) is 84.3 Å². The minimum absolute atomic E-state index is 0.0293. The molecule has 0 bridgehead atoms. The van der Waals surface area contributed by atoms with Crippen molar-refractivity contribution in [2.45, 2.75) is 6.42 Å². The lowest BCUT2D eigenvalue weighted by Crippen LogP contribution is -2.32. The molecule has 0 atom stereocenters. The molecule has 0 spiro atoms. The summed E-state index contributed by atoms with van der Waals surface area (Å²) < 4.78 is 2.30. The van der Waals surface area contributed by atoms with Crippen molar-refractivity contribution in [1.82, 2.24) is 14.7 Å². The summed E-state index contributed by atoms with van der Waals surface area (Å²) in [6.45, 7) is 0.0378. The quantitative estimate of drug-likeness (QED) is 0.824. The first kappa shape index (κ1) is 15.4. The summed E-state index contributed by atoms with van der Waals surface area (Å²) in [6, 6.07) is 4.93. The number of hydrogen-bond acceptors (Lipinski definition) is 4. The van der Waals surface area contributed by atoms with E-state index in [0.29, 0.717) is 16.8 Å². The molecule has 3 amide bonds. The first-order chi connectivity index (χ1) is 11.0. The van der Waals surface area contributed by atoms with Crippen molar-refractivity contribution in [2.75, 3.05) is 11.9 Å². The fraction of sp³-hybridized carbons (Fsp3) is 0.200. The van der Waals surface area contributed by atoms with Crippen molar-refractivity contribution in [1.29, 1.82) is 0 Å². The molecule has 0 unspecified atom stereocenters. The molecule has 7 nitrogen and oxygen atoms in total. The molecule has 2 heterocycles. The highest BCUT2D eigenvalue weighted by Gasteiger charge is 2.35. The zero-order valence-electron chi connectivity index (χ0n) is 12.2. The van der Waals surface area contributed by atoms with Gasteiger partial charge in [0.05, 0.1) is 23.0 Å². The molecule has 8 heteroatoms. The number of fused-ring (bicyclic) bond motifs is 1. The van der Waals surface area contributed by atoms with Crippen molar-refractivity contribution in [3.8, 4) is 0 Å². The van der Waals surface area contributed by atoms with E-state index in [4.69, 9.17) is 0 Å². The van der Waals surface area contributed by atoms with Crippen LogP contribution in [0.3, 0.4) is 0 Å². The Kier molecular flexibility index (Phi) is 3.99. The van der Waals surface area contributed by atoms with Gasteiger partial charge in [-0.15, -0.1) is 0 Å². The number of nitrogens with one attached hydrogen (secondary N) is 1. The molecule has 1 aliphatic heterocycles. The van der Waals surface area contributed by atoms with Gasteiger partial charge in [-0.05, 0) is 18.2 Å². The second-order valence-electron chi connectivity index (χ2n) is 5.15. The predicted molar refractivity (Wildman–Crippen MR) is 86.0 cm³/mol. The summed E-state index contributed by atoms with van der Waals surface area (Å²) >= 11 is 3.28. The number of amides is 3. The van der Waals surface area contributed by atoms with Crippen LogP contribution in [0.15, 0.2) is 35.1 Å². The molecule has 3 rings (SSSR count). The monoisotopic (exact) mass is 376 g/mol. The third-order valence-electron chi connectivity index (χ3n) is 3.48. The first-order valence-electron chi connectivity index (χ1n) is 6.90. The molecular weight excluding hydrogens is 364 g/mol. The number of halogens is 1. The zero-order valence-corrected chi connectivity index (χ0v) is 13.8. The molecule has 1 N–H and O–H groups in total. The van der Waals surface area contributed by atoms with E-state index in [2.05, 4.69) is 26.3 Å². The number of benzene rings is 1. The number of aryl methyl sites for hydroxylation is 1. The predicted octanol–water partition coefficient (Wildman–Crippen LogP) is 1.81. The van der Waals surface area contributed by atoms with E-state index < -0.39 is 0 Å². The van der Waals surface area contributed by atoms with Crippen molar-refractivity contribution < 1.29 is 14.4 Å². The van der Waals surface area contributed by atoms with Gasteiger partial charge in [0.15, 0.2) is 0 Å². The van der Waals surface area contributed by atoms with E-state index in [0.717, 1.165) is 9.37 Å². The fourth-order valence-corrected chi connectivity index (χ4v) is 2.75. The van der Waals surface area contributed by atoms with Crippen molar-refractivity contribution in [2.24, 2.45) is 7.05 Å². The van der Waals surface area contributed by atoms with Crippen LogP contribution in [0.25, 0.3) is 0 Å². The smallest absolute Gasteiger partial charge is 0.261 e. The van der Waals surface area contributed by atoms with Crippen molar-refractivity contribution in [3.05, 3.63) is 46.2 Å². The van der Waals surface area contributed by atoms with E-state index in [1.165, 1.54) is 6.20 Å². The van der Waals surface area contributed by atoms with Gasteiger partial charge in [0, 0.05) is 30.7 Å². The lowest BCUT2D eigenvalue weighted by atomic mass is 10.1. The van der Waals surface area contributed by atoms with Crippen LogP contribution in [0, 0.1) is 0 Å². The maximum Gasteiger partial charge on any atom is 0.261 e. The highest BCUT2D eigenvalue weighted by molar-refractivity contribution is 9.10. The Bertz CT molecular complexity index is 815. The number of rotatable bonds is 4. The van der Waals surface area contributed by atoms with Crippen LogP contribution in [0.5, 0.6) is 0 Å². The molecular formula is C15H13BrN4O3. The van der Waals surface area contributed by atoms with Gasteiger partial charge < -0.3 is 5.32 Å². The Labute approximate surface area is 140 Å². The zero-order chi connectivity index (χ0) is 16.6. The third kappa shape index (κ3) is 3.02. The largest absolute Gasteiger partial charge is 0.323 e. The SMILES string of the molecule is Cn1cc(NC(=O)CCN2C(=O)c3ccc(Br)cc3C2=O)cn1. The molecule has 1 aromatic heterocycles. The maximum atomic E-state index is 12.3. The number of nitrogens with zero attached hydrogens (tertiary/aromatic N) is 3. The van der Waals surface area contributed by atoms with Crippen LogP contribution in [0.4, 0.5) is 5.69 Å². The normalized spacial score (nSPS) is 13.4. The Morgan fingerprint density at radius 1 is 1.26 bits per heavy atom. The summed E-state index contributed by atoms with van der Waals surface area (Å²) in [6.07, 6.45) is 3.22. The number of anilines is 1. The highest BCUT2D eigenvalue weighted by atomic mass is 79.9. The second-order valence-corrected chi connectivity index (χ2v) is 6.07. The fourth-order valence-electron chi connectivity index (χ4n) is 2.39. The molecule has 1 aromatic carbocycles. The van der Waals surface area contributed by atoms with E-state index in [9.17, 15) is 14.4 Å². The summed E-state index contributed by atoms with van der Waals surface area (Å²) in [4.78, 5) is 37.5. The molecule has 0 aliphatic carbocycles.